The van der Waals surface area contributed by atoms with E-state index in [1.165, 1.54) is 6.20 Å². The van der Waals surface area contributed by atoms with Crippen LogP contribution in [0.15, 0.2) is 36.7 Å². The van der Waals surface area contributed by atoms with Crippen LogP contribution in [0.5, 0.6) is 0 Å². The molecule has 0 saturated carbocycles. The van der Waals surface area contributed by atoms with Crippen LogP contribution >= 0.6 is 0 Å². The molecule has 0 bridgehead atoms. The van der Waals surface area contributed by atoms with Crippen molar-refractivity contribution in [1.29, 1.82) is 0 Å². The minimum Gasteiger partial charge on any atom is -0.444 e. The third kappa shape index (κ3) is 5.40. The van der Waals surface area contributed by atoms with Gasteiger partial charge in [-0.2, -0.15) is 0 Å². The average Bonchev–Trinajstić information content (AvgIpc) is 3.26. The van der Waals surface area contributed by atoms with Crippen molar-refractivity contribution in [2.24, 2.45) is 0 Å². The molecule has 0 aliphatic carbocycles. The van der Waals surface area contributed by atoms with Crippen LogP contribution in [0, 0.1) is 33.4 Å². The van der Waals surface area contributed by atoms with Crippen molar-refractivity contribution >= 4 is 39.3 Å². The fraction of sp³-hybridized carbons (Fsp3) is 0.190. The van der Waals surface area contributed by atoms with Gasteiger partial charge >= 0.3 is 6.09 Å². The molecule has 2 aromatic carbocycles. The molecule has 0 aliphatic heterocycles. The van der Waals surface area contributed by atoms with E-state index < -0.39 is 39.9 Å². The molecule has 0 unspecified atom stereocenters. The molecule has 33 heavy (non-hydrogen) atoms. The van der Waals surface area contributed by atoms with E-state index in [2.05, 4.69) is 15.3 Å². The molecule has 2 heterocycles. The molecule has 0 radical (unpaired) electrons. The Balaban J connectivity index is 0.000000194. The Bertz CT molecular complexity index is 1360. The molecule has 0 atom stereocenters. The number of halogens is 4. The molecular formula is C21H18F4N4O4. The predicted molar refractivity (Wildman–Crippen MR) is 113 cm³/mol. The Morgan fingerprint density at radius 3 is 1.94 bits per heavy atom. The Labute approximate surface area is 183 Å². The van der Waals surface area contributed by atoms with Gasteiger partial charge in [0.2, 0.25) is 0 Å². The minimum atomic E-state index is -1.10. The van der Waals surface area contributed by atoms with Crippen LogP contribution in [0.3, 0.4) is 0 Å². The summed E-state index contributed by atoms with van der Waals surface area (Å²) in [5.74, 6) is -4.05. The van der Waals surface area contributed by atoms with E-state index in [-0.39, 0.29) is 16.6 Å². The van der Waals surface area contributed by atoms with Crippen LogP contribution in [0.25, 0.3) is 21.8 Å². The lowest BCUT2D eigenvalue weighted by Gasteiger charge is -2.19. The van der Waals surface area contributed by atoms with E-state index in [1.807, 2.05) is 0 Å². The zero-order chi connectivity index (χ0) is 24.5. The normalized spacial score (nSPS) is 11.2. The average molecular weight is 466 g/mol. The van der Waals surface area contributed by atoms with Gasteiger partial charge in [0, 0.05) is 23.7 Å². The number of H-pyrrole nitrogens is 2. The predicted octanol–water partition coefficient (Wildman–Crippen LogP) is 6.15. The molecule has 8 nitrogen and oxygen atoms in total. The van der Waals surface area contributed by atoms with Crippen LogP contribution < -0.4 is 5.32 Å². The molecule has 12 heteroatoms. The smallest absolute Gasteiger partial charge is 0.412 e. The van der Waals surface area contributed by atoms with E-state index in [1.54, 1.807) is 20.8 Å². The number of carbonyl (C=O) groups is 1. The quantitative estimate of drug-likeness (QED) is 0.187. The highest BCUT2D eigenvalue weighted by molar-refractivity contribution is 5.99. The van der Waals surface area contributed by atoms with Gasteiger partial charge in [-0.3, -0.25) is 15.4 Å². The van der Waals surface area contributed by atoms with Crippen LogP contribution in [-0.2, 0) is 4.74 Å². The van der Waals surface area contributed by atoms with Crippen molar-refractivity contribution < 1.29 is 32.0 Å². The number of ether oxygens (including phenoxy) is 1. The van der Waals surface area contributed by atoms with Gasteiger partial charge in [0.05, 0.1) is 33.2 Å². The number of anilines is 1. The minimum absolute atomic E-state index is 0.0638. The first-order valence-corrected chi connectivity index (χ1v) is 9.42. The summed E-state index contributed by atoms with van der Waals surface area (Å²) >= 11 is 0. The maximum absolute atomic E-state index is 13.2. The standard InChI is InChI=1S/C13H14F2N2O2.C8H4F2N2O2/c1-13(2,3)19-12(18)17-11-6-16-10-5-9(15)8(14)4-7(10)11;9-5-1-4-7(2-6(5)10)11-3-8(4)12(13)14/h4-6,16H,1-3H3,(H,17,18);1-3,11H. The van der Waals surface area contributed by atoms with Crippen molar-refractivity contribution in [2.45, 2.75) is 26.4 Å². The molecule has 4 aromatic rings. The molecule has 174 valence electrons. The Morgan fingerprint density at radius 1 is 0.909 bits per heavy atom. The summed E-state index contributed by atoms with van der Waals surface area (Å²) in [4.78, 5) is 26.6. The second-order valence-electron chi connectivity index (χ2n) is 7.88. The number of hydrogen-bond donors (Lipinski definition) is 3. The Kier molecular flexibility index (Phi) is 6.29. The number of nitrogens with zero attached hydrogens (tertiary/aromatic N) is 1. The van der Waals surface area contributed by atoms with E-state index >= 15 is 0 Å². The van der Waals surface area contributed by atoms with Crippen LogP contribution in [0.4, 0.5) is 33.7 Å². The summed E-state index contributed by atoms with van der Waals surface area (Å²) in [6.45, 7) is 5.20. The number of rotatable bonds is 2. The highest BCUT2D eigenvalue weighted by Crippen LogP contribution is 2.27. The molecule has 0 saturated heterocycles. The van der Waals surface area contributed by atoms with Gasteiger partial charge in [0.1, 0.15) is 5.60 Å². The lowest BCUT2D eigenvalue weighted by molar-refractivity contribution is -0.383. The van der Waals surface area contributed by atoms with Crippen LogP contribution in [0.1, 0.15) is 20.8 Å². The summed E-state index contributed by atoms with van der Waals surface area (Å²) < 4.78 is 56.8. The monoisotopic (exact) mass is 466 g/mol. The molecule has 1 amide bonds. The van der Waals surface area contributed by atoms with Crippen molar-refractivity contribution in [3.63, 3.8) is 0 Å². The number of nitro groups is 1. The molecule has 0 spiro atoms. The maximum Gasteiger partial charge on any atom is 0.412 e. The van der Waals surface area contributed by atoms with Gasteiger partial charge in [-0.1, -0.05) is 0 Å². The molecule has 3 N–H and O–H groups in total. The topological polar surface area (TPSA) is 113 Å². The number of carbonyl (C=O) groups excluding carboxylic acids is 1. The van der Waals surface area contributed by atoms with Gasteiger partial charge in [0.25, 0.3) is 5.69 Å². The Morgan fingerprint density at radius 2 is 1.39 bits per heavy atom. The number of amides is 1. The van der Waals surface area contributed by atoms with Gasteiger partial charge in [0.15, 0.2) is 23.3 Å². The second kappa shape index (κ2) is 8.81. The third-order valence-electron chi connectivity index (χ3n) is 4.26. The first-order valence-electron chi connectivity index (χ1n) is 9.42. The lowest BCUT2D eigenvalue weighted by atomic mass is 10.2. The fourth-order valence-electron chi connectivity index (χ4n) is 2.89. The number of benzene rings is 2. The molecular weight excluding hydrogens is 448 g/mol. The van der Waals surface area contributed by atoms with E-state index in [0.717, 1.165) is 30.5 Å². The second-order valence-corrected chi connectivity index (χ2v) is 7.88. The molecule has 2 aromatic heterocycles. The summed E-state index contributed by atoms with van der Waals surface area (Å²) in [5.41, 5.74) is 0.0377. The van der Waals surface area contributed by atoms with Crippen LogP contribution in [0.2, 0.25) is 0 Å². The lowest BCUT2D eigenvalue weighted by Crippen LogP contribution is -2.27. The molecule has 0 fully saturated rings. The van der Waals surface area contributed by atoms with Crippen LogP contribution in [-0.4, -0.2) is 26.6 Å². The number of aromatic nitrogens is 2. The zero-order valence-corrected chi connectivity index (χ0v) is 17.6. The number of aromatic amines is 2. The largest absolute Gasteiger partial charge is 0.444 e. The number of fused-ring (bicyclic) bond motifs is 2. The summed E-state index contributed by atoms with van der Waals surface area (Å²) in [6.07, 6.45) is 1.90. The van der Waals surface area contributed by atoms with E-state index in [0.29, 0.717) is 16.6 Å². The highest BCUT2D eigenvalue weighted by atomic mass is 19.2. The molecule has 0 aliphatic rings. The van der Waals surface area contributed by atoms with Gasteiger partial charge in [-0.05, 0) is 32.9 Å². The van der Waals surface area contributed by atoms with Crippen molar-refractivity contribution in [3.8, 4) is 0 Å². The van der Waals surface area contributed by atoms with Gasteiger partial charge in [-0.15, -0.1) is 0 Å². The van der Waals surface area contributed by atoms with E-state index in [9.17, 15) is 32.5 Å². The van der Waals surface area contributed by atoms with Gasteiger partial charge < -0.3 is 14.7 Å². The first-order chi connectivity index (χ1) is 15.4. The summed E-state index contributed by atoms with van der Waals surface area (Å²) in [5, 5.41) is 13.4. The number of hydrogen-bond acceptors (Lipinski definition) is 4. The van der Waals surface area contributed by atoms with Crippen molar-refractivity contribution in [2.75, 3.05) is 5.32 Å². The first kappa shape index (κ1) is 23.6. The molecule has 4 rings (SSSR count). The Hall–Kier alpha value is -4.09. The van der Waals surface area contributed by atoms with Crippen molar-refractivity contribution in [1.82, 2.24) is 9.97 Å². The fourth-order valence-corrected chi connectivity index (χ4v) is 2.89. The summed E-state index contributed by atoms with van der Waals surface area (Å²) in [6, 6.07) is 3.75. The SMILES string of the molecule is CC(C)(C)OC(=O)Nc1c[nH]c2cc(F)c(F)cc12.O=[N+]([O-])c1c[nH]c2cc(F)c(F)cc12. The maximum atomic E-state index is 13.2. The number of nitrogens with one attached hydrogen (secondary N) is 3. The third-order valence-corrected chi connectivity index (χ3v) is 4.26. The highest BCUT2D eigenvalue weighted by Gasteiger charge is 2.18. The van der Waals surface area contributed by atoms with Gasteiger partial charge in [-0.25, -0.2) is 22.4 Å². The summed E-state index contributed by atoms with van der Waals surface area (Å²) in [7, 11) is 0. The van der Waals surface area contributed by atoms with Crippen molar-refractivity contribution in [3.05, 3.63) is 70.0 Å². The zero-order valence-electron chi connectivity index (χ0n) is 17.6. The van der Waals surface area contributed by atoms with E-state index in [4.69, 9.17) is 4.74 Å².